The van der Waals surface area contributed by atoms with Gasteiger partial charge < -0.3 is 10.1 Å². The number of thiazole rings is 1. The zero-order valence-electron chi connectivity index (χ0n) is 12.6. The summed E-state index contributed by atoms with van der Waals surface area (Å²) in [5.41, 5.74) is 1.76. The summed E-state index contributed by atoms with van der Waals surface area (Å²) < 4.78 is 19.6. The molecule has 0 aliphatic carbocycles. The Balaban J connectivity index is 1.98. The molecule has 1 aromatic carbocycles. The van der Waals surface area contributed by atoms with Crippen molar-refractivity contribution in [2.24, 2.45) is 0 Å². The van der Waals surface area contributed by atoms with E-state index in [-0.39, 0.29) is 17.6 Å². The van der Waals surface area contributed by atoms with Gasteiger partial charge in [-0.2, -0.15) is 0 Å². The molecule has 1 N–H and O–H groups in total. The maximum atomic E-state index is 14.1. The van der Waals surface area contributed by atoms with E-state index in [0.29, 0.717) is 6.61 Å². The van der Waals surface area contributed by atoms with Crippen LogP contribution < -0.4 is 10.1 Å². The highest BCUT2D eigenvalue weighted by atomic mass is 32.1. The van der Waals surface area contributed by atoms with E-state index >= 15 is 0 Å². The van der Waals surface area contributed by atoms with Gasteiger partial charge in [0.05, 0.1) is 10.7 Å². The third-order valence-electron chi connectivity index (χ3n) is 3.20. The van der Waals surface area contributed by atoms with Gasteiger partial charge >= 0.3 is 0 Å². The third kappa shape index (κ3) is 4.51. The molecule has 5 heteroatoms. The van der Waals surface area contributed by atoms with Gasteiger partial charge in [-0.25, -0.2) is 9.37 Å². The predicted octanol–water partition coefficient (Wildman–Crippen LogP) is 4.23. The standard InChI is InChI=1S/C16H21FN2OS/c1-4-7-18-11(2)13-5-6-16(15(17)8-13)20-9-14-10-21-12(3)19-14/h5-6,8,10-11,18H,4,7,9H2,1-3H3. The van der Waals surface area contributed by atoms with Gasteiger partial charge in [0.1, 0.15) is 6.61 Å². The Bertz CT molecular complexity index is 585. The summed E-state index contributed by atoms with van der Waals surface area (Å²) in [4.78, 5) is 4.30. The maximum Gasteiger partial charge on any atom is 0.165 e. The maximum absolute atomic E-state index is 14.1. The molecule has 1 aromatic heterocycles. The predicted molar refractivity (Wildman–Crippen MR) is 84.3 cm³/mol. The van der Waals surface area contributed by atoms with Crippen molar-refractivity contribution in [1.82, 2.24) is 10.3 Å². The Morgan fingerprint density at radius 1 is 1.43 bits per heavy atom. The van der Waals surface area contributed by atoms with Crippen molar-refractivity contribution >= 4 is 11.3 Å². The summed E-state index contributed by atoms with van der Waals surface area (Å²) in [7, 11) is 0. The monoisotopic (exact) mass is 308 g/mol. The normalized spacial score (nSPS) is 12.4. The minimum Gasteiger partial charge on any atom is -0.484 e. The number of ether oxygens (including phenoxy) is 1. The summed E-state index contributed by atoms with van der Waals surface area (Å²) in [6.45, 7) is 7.29. The number of hydrogen-bond donors (Lipinski definition) is 1. The van der Waals surface area contributed by atoms with Crippen LogP contribution in [0.4, 0.5) is 4.39 Å². The molecule has 0 saturated carbocycles. The molecule has 0 bridgehead atoms. The molecule has 0 radical (unpaired) electrons. The summed E-state index contributed by atoms with van der Waals surface area (Å²) >= 11 is 1.56. The highest BCUT2D eigenvalue weighted by molar-refractivity contribution is 7.09. The van der Waals surface area contributed by atoms with Gasteiger partial charge in [0.15, 0.2) is 11.6 Å². The molecule has 0 fully saturated rings. The minimum atomic E-state index is -0.329. The van der Waals surface area contributed by atoms with Crippen molar-refractivity contribution in [3.05, 3.63) is 45.7 Å². The fourth-order valence-corrected chi connectivity index (χ4v) is 2.61. The fraction of sp³-hybridized carbons (Fsp3) is 0.438. The molecular formula is C16H21FN2OS. The van der Waals surface area contributed by atoms with Crippen LogP contribution in [0.25, 0.3) is 0 Å². The van der Waals surface area contributed by atoms with Crippen molar-refractivity contribution < 1.29 is 9.13 Å². The van der Waals surface area contributed by atoms with E-state index in [0.717, 1.165) is 29.2 Å². The summed E-state index contributed by atoms with van der Waals surface area (Å²) in [5.74, 6) is -0.0586. The van der Waals surface area contributed by atoms with Crippen LogP contribution in [-0.4, -0.2) is 11.5 Å². The molecule has 3 nitrogen and oxygen atoms in total. The molecule has 0 amide bonds. The first-order chi connectivity index (χ1) is 10.1. The largest absolute Gasteiger partial charge is 0.484 e. The van der Waals surface area contributed by atoms with Crippen LogP contribution in [-0.2, 0) is 6.61 Å². The van der Waals surface area contributed by atoms with Gasteiger partial charge in [-0.3, -0.25) is 0 Å². The molecule has 114 valence electrons. The van der Waals surface area contributed by atoms with Crippen molar-refractivity contribution in [3.8, 4) is 5.75 Å². The van der Waals surface area contributed by atoms with Crippen molar-refractivity contribution in [3.63, 3.8) is 0 Å². The molecular weight excluding hydrogens is 287 g/mol. The average molecular weight is 308 g/mol. The van der Waals surface area contributed by atoms with Gasteiger partial charge in [-0.1, -0.05) is 13.0 Å². The van der Waals surface area contributed by atoms with Gasteiger partial charge in [0.2, 0.25) is 0 Å². The van der Waals surface area contributed by atoms with Gasteiger partial charge in [0, 0.05) is 11.4 Å². The lowest BCUT2D eigenvalue weighted by Gasteiger charge is -2.15. The molecule has 2 rings (SSSR count). The molecule has 0 aliphatic heterocycles. The van der Waals surface area contributed by atoms with Crippen LogP contribution in [0.15, 0.2) is 23.6 Å². The molecule has 0 saturated heterocycles. The molecule has 2 aromatic rings. The number of aryl methyl sites for hydroxylation is 1. The topological polar surface area (TPSA) is 34.1 Å². The van der Waals surface area contributed by atoms with Crippen LogP contribution >= 0.6 is 11.3 Å². The highest BCUT2D eigenvalue weighted by Crippen LogP contribution is 2.23. The Morgan fingerprint density at radius 2 is 2.24 bits per heavy atom. The molecule has 1 heterocycles. The SMILES string of the molecule is CCCNC(C)c1ccc(OCc2csc(C)n2)c(F)c1. The van der Waals surface area contributed by atoms with E-state index in [1.54, 1.807) is 17.4 Å². The number of aromatic nitrogens is 1. The first-order valence-electron chi connectivity index (χ1n) is 7.16. The quantitative estimate of drug-likeness (QED) is 0.831. The number of rotatable bonds is 7. The molecule has 0 aliphatic rings. The smallest absolute Gasteiger partial charge is 0.165 e. The lowest BCUT2D eigenvalue weighted by Crippen LogP contribution is -2.19. The van der Waals surface area contributed by atoms with E-state index in [1.807, 2.05) is 25.3 Å². The fourth-order valence-electron chi connectivity index (χ4n) is 2.01. The van der Waals surface area contributed by atoms with E-state index in [1.165, 1.54) is 6.07 Å². The number of nitrogens with one attached hydrogen (secondary N) is 1. The Morgan fingerprint density at radius 3 is 2.86 bits per heavy atom. The van der Waals surface area contributed by atoms with Crippen molar-refractivity contribution in [2.75, 3.05) is 6.54 Å². The number of benzene rings is 1. The van der Waals surface area contributed by atoms with Crippen LogP contribution in [0, 0.1) is 12.7 Å². The van der Waals surface area contributed by atoms with Crippen LogP contribution in [0.1, 0.15) is 42.6 Å². The Hall–Kier alpha value is -1.46. The number of hydrogen-bond acceptors (Lipinski definition) is 4. The zero-order chi connectivity index (χ0) is 15.2. The van der Waals surface area contributed by atoms with E-state index < -0.39 is 0 Å². The molecule has 1 atom stereocenters. The van der Waals surface area contributed by atoms with E-state index in [4.69, 9.17) is 4.74 Å². The van der Waals surface area contributed by atoms with Gasteiger partial charge in [-0.15, -0.1) is 11.3 Å². The zero-order valence-corrected chi connectivity index (χ0v) is 13.5. The Kier molecular flexibility index (Phi) is 5.70. The highest BCUT2D eigenvalue weighted by Gasteiger charge is 2.10. The van der Waals surface area contributed by atoms with Crippen LogP contribution in [0.3, 0.4) is 0 Å². The minimum absolute atomic E-state index is 0.134. The molecule has 1 unspecified atom stereocenters. The first-order valence-corrected chi connectivity index (χ1v) is 8.04. The third-order valence-corrected chi connectivity index (χ3v) is 4.02. The van der Waals surface area contributed by atoms with E-state index in [2.05, 4.69) is 17.2 Å². The lowest BCUT2D eigenvalue weighted by atomic mass is 10.1. The summed E-state index contributed by atoms with van der Waals surface area (Å²) in [6, 6.07) is 5.26. The average Bonchev–Trinajstić information content (AvgIpc) is 2.89. The summed E-state index contributed by atoms with van der Waals surface area (Å²) in [5, 5.41) is 6.26. The van der Waals surface area contributed by atoms with Crippen LogP contribution in [0.5, 0.6) is 5.75 Å². The summed E-state index contributed by atoms with van der Waals surface area (Å²) in [6.07, 6.45) is 1.06. The lowest BCUT2D eigenvalue weighted by molar-refractivity contribution is 0.286. The van der Waals surface area contributed by atoms with E-state index in [9.17, 15) is 4.39 Å². The van der Waals surface area contributed by atoms with Crippen molar-refractivity contribution in [1.29, 1.82) is 0 Å². The second-order valence-corrected chi connectivity index (χ2v) is 6.07. The molecule has 21 heavy (non-hydrogen) atoms. The molecule has 0 spiro atoms. The Labute approximate surface area is 129 Å². The van der Waals surface area contributed by atoms with Crippen LogP contribution in [0.2, 0.25) is 0 Å². The second-order valence-electron chi connectivity index (χ2n) is 5.01. The van der Waals surface area contributed by atoms with Gasteiger partial charge in [-0.05, 0) is 44.5 Å². The van der Waals surface area contributed by atoms with Gasteiger partial charge in [0.25, 0.3) is 0 Å². The number of nitrogens with zero attached hydrogens (tertiary/aromatic N) is 1. The number of halogens is 1. The second kappa shape index (κ2) is 7.52. The first kappa shape index (κ1) is 15.9. The van der Waals surface area contributed by atoms with Crippen molar-refractivity contribution in [2.45, 2.75) is 39.8 Å².